The second-order valence-corrected chi connectivity index (χ2v) is 10.5. The Morgan fingerprint density at radius 2 is 1.83 bits per heavy atom. The van der Waals surface area contributed by atoms with Crippen molar-refractivity contribution in [3.05, 3.63) is 41.0 Å². The van der Waals surface area contributed by atoms with Crippen molar-refractivity contribution in [2.75, 3.05) is 6.54 Å². The lowest BCUT2D eigenvalue weighted by Gasteiger charge is -2.33. The fourth-order valence-corrected chi connectivity index (χ4v) is 4.67. The third-order valence-electron chi connectivity index (χ3n) is 5.93. The maximum absolute atomic E-state index is 13.9. The monoisotopic (exact) mass is 534 g/mol. The van der Waals surface area contributed by atoms with E-state index in [1.807, 2.05) is 12.2 Å². The SMILES string of the molecule is Cc1ncsc1-c1ccc(C(NC(=O)[C@@H]2C[C@@H](O)CN2C(=O)C(N)C(C)(C)C)C(F)(F)F)cc1.Cl. The number of hydrogen-bond donors (Lipinski definition) is 3. The molecule has 194 valence electrons. The van der Waals surface area contributed by atoms with E-state index in [4.69, 9.17) is 5.73 Å². The quantitative estimate of drug-likeness (QED) is 0.543. The molecule has 0 saturated carbocycles. The number of aliphatic hydroxyl groups excluding tert-OH is 1. The third-order valence-corrected chi connectivity index (χ3v) is 6.91. The number of rotatable bonds is 5. The molecular weight excluding hydrogens is 505 g/mol. The van der Waals surface area contributed by atoms with E-state index in [2.05, 4.69) is 4.98 Å². The summed E-state index contributed by atoms with van der Waals surface area (Å²) in [4.78, 5) is 31.9. The van der Waals surface area contributed by atoms with Crippen LogP contribution in [0.5, 0.6) is 0 Å². The number of benzene rings is 1. The van der Waals surface area contributed by atoms with E-state index in [-0.39, 0.29) is 30.9 Å². The number of amides is 2. The zero-order valence-electron chi connectivity index (χ0n) is 19.8. The average molecular weight is 535 g/mol. The Morgan fingerprint density at radius 1 is 1.23 bits per heavy atom. The molecule has 0 aliphatic carbocycles. The lowest BCUT2D eigenvalue weighted by atomic mass is 9.86. The summed E-state index contributed by atoms with van der Waals surface area (Å²) in [6, 6.07) is 1.23. The Labute approximate surface area is 212 Å². The van der Waals surface area contributed by atoms with Gasteiger partial charge in [-0.25, -0.2) is 4.98 Å². The summed E-state index contributed by atoms with van der Waals surface area (Å²) in [5.41, 5.74) is 8.41. The highest BCUT2D eigenvalue weighted by Crippen LogP contribution is 2.35. The van der Waals surface area contributed by atoms with Crippen LogP contribution in [0.25, 0.3) is 10.4 Å². The number of nitrogens with two attached hydrogens (primary N) is 1. The molecule has 2 amide bonds. The van der Waals surface area contributed by atoms with Gasteiger partial charge in [-0.3, -0.25) is 9.59 Å². The number of nitrogens with zero attached hydrogens (tertiary/aromatic N) is 2. The summed E-state index contributed by atoms with van der Waals surface area (Å²) < 4.78 is 41.8. The second kappa shape index (κ2) is 10.8. The summed E-state index contributed by atoms with van der Waals surface area (Å²) in [6.07, 6.45) is -5.97. The van der Waals surface area contributed by atoms with Crippen LogP contribution in [0.3, 0.4) is 0 Å². The molecule has 1 aromatic carbocycles. The van der Waals surface area contributed by atoms with Gasteiger partial charge in [0.25, 0.3) is 0 Å². The molecule has 0 spiro atoms. The lowest BCUT2D eigenvalue weighted by molar-refractivity contribution is -0.165. The highest BCUT2D eigenvalue weighted by Gasteiger charge is 2.47. The average Bonchev–Trinajstić information content (AvgIpc) is 3.35. The molecule has 1 aromatic heterocycles. The molecule has 0 radical (unpaired) electrons. The van der Waals surface area contributed by atoms with Gasteiger partial charge < -0.3 is 21.1 Å². The maximum atomic E-state index is 13.9. The van der Waals surface area contributed by atoms with Crippen molar-refractivity contribution >= 4 is 35.6 Å². The molecule has 2 heterocycles. The first-order chi connectivity index (χ1) is 15.7. The molecule has 0 bridgehead atoms. The van der Waals surface area contributed by atoms with E-state index in [1.54, 1.807) is 38.4 Å². The van der Waals surface area contributed by atoms with Gasteiger partial charge in [-0.1, -0.05) is 45.0 Å². The number of β-amino-alcohol motifs (C(OH)–C–C–N with tert-alkyl or cyclic N) is 1. The van der Waals surface area contributed by atoms with Crippen LogP contribution in [0.1, 0.15) is 44.5 Å². The van der Waals surface area contributed by atoms with E-state index in [9.17, 15) is 27.9 Å². The number of halogens is 4. The van der Waals surface area contributed by atoms with E-state index in [0.717, 1.165) is 21.0 Å². The largest absolute Gasteiger partial charge is 0.412 e. The predicted octanol–water partition coefficient (Wildman–Crippen LogP) is 3.60. The van der Waals surface area contributed by atoms with E-state index in [1.165, 1.54) is 23.5 Å². The number of likely N-dealkylation sites (tertiary alicyclic amines) is 1. The molecule has 4 atom stereocenters. The minimum Gasteiger partial charge on any atom is -0.391 e. The van der Waals surface area contributed by atoms with Gasteiger partial charge in [0, 0.05) is 13.0 Å². The molecule has 35 heavy (non-hydrogen) atoms. The fraction of sp³-hybridized carbons (Fsp3) is 0.522. The van der Waals surface area contributed by atoms with Crippen LogP contribution in [0.15, 0.2) is 29.8 Å². The van der Waals surface area contributed by atoms with Gasteiger partial charge in [0.15, 0.2) is 6.04 Å². The summed E-state index contributed by atoms with van der Waals surface area (Å²) in [5, 5.41) is 12.1. The van der Waals surface area contributed by atoms with Crippen LogP contribution >= 0.6 is 23.7 Å². The molecule has 3 rings (SSSR count). The first kappa shape index (κ1) is 29.0. The van der Waals surface area contributed by atoms with Crippen molar-refractivity contribution < 1.29 is 27.9 Å². The molecule has 2 aromatic rings. The second-order valence-electron chi connectivity index (χ2n) is 9.61. The molecule has 1 fully saturated rings. The van der Waals surface area contributed by atoms with Crippen LogP contribution in [0.2, 0.25) is 0 Å². The van der Waals surface area contributed by atoms with Crippen molar-refractivity contribution in [2.45, 2.75) is 64.5 Å². The van der Waals surface area contributed by atoms with Crippen molar-refractivity contribution in [1.82, 2.24) is 15.2 Å². The third kappa shape index (κ3) is 6.52. The number of alkyl halides is 3. The minimum absolute atomic E-state index is 0. The number of carbonyl (C=O) groups excluding carboxylic acids is 2. The topological polar surface area (TPSA) is 109 Å². The number of aromatic nitrogens is 1. The van der Waals surface area contributed by atoms with Crippen LogP contribution < -0.4 is 11.1 Å². The fourth-order valence-electron chi connectivity index (χ4n) is 3.85. The van der Waals surface area contributed by atoms with E-state index >= 15 is 0 Å². The highest BCUT2D eigenvalue weighted by molar-refractivity contribution is 7.13. The van der Waals surface area contributed by atoms with Gasteiger partial charge in [-0.2, -0.15) is 13.2 Å². The predicted molar refractivity (Wildman–Crippen MR) is 130 cm³/mol. The van der Waals surface area contributed by atoms with Crippen LogP contribution in [-0.2, 0) is 9.59 Å². The first-order valence-corrected chi connectivity index (χ1v) is 11.7. The number of aryl methyl sites for hydroxylation is 1. The smallest absolute Gasteiger partial charge is 0.391 e. The van der Waals surface area contributed by atoms with Gasteiger partial charge in [0.05, 0.1) is 28.2 Å². The van der Waals surface area contributed by atoms with Crippen LogP contribution in [0, 0.1) is 12.3 Å². The Bertz CT molecular complexity index is 1040. The molecule has 2 unspecified atom stereocenters. The highest BCUT2D eigenvalue weighted by atomic mass is 35.5. The standard InChI is InChI=1S/C23H29F3N4O3S.ClH/c1-12-17(34-11-28-12)13-5-7-14(8-6-13)19(23(24,25)26)29-20(32)16-9-15(31)10-30(16)21(33)18(27)22(2,3)4;/h5-8,11,15-16,18-19,31H,9-10,27H2,1-4H3,(H,29,32);1H/t15-,16+,18?,19?;/m1./s1. The Hall–Kier alpha value is -2.21. The zero-order chi connectivity index (χ0) is 25.4. The molecule has 1 aliphatic heterocycles. The molecular formula is C23H30ClF3N4O3S. The Morgan fingerprint density at radius 3 is 2.31 bits per heavy atom. The van der Waals surface area contributed by atoms with Gasteiger partial charge in [0.1, 0.15) is 6.04 Å². The van der Waals surface area contributed by atoms with Crippen molar-refractivity contribution in [3.8, 4) is 10.4 Å². The summed E-state index contributed by atoms with van der Waals surface area (Å²) in [6.45, 7) is 6.88. The normalized spacial score (nSPS) is 20.2. The summed E-state index contributed by atoms with van der Waals surface area (Å²) in [7, 11) is 0. The van der Waals surface area contributed by atoms with Crippen molar-refractivity contribution in [1.29, 1.82) is 0 Å². The Balaban J connectivity index is 0.00000432. The molecule has 1 aliphatic rings. The molecule has 7 nitrogen and oxygen atoms in total. The van der Waals surface area contributed by atoms with Crippen molar-refractivity contribution in [3.63, 3.8) is 0 Å². The summed E-state index contributed by atoms with van der Waals surface area (Å²) in [5.74, 6) is -1.58. The number of hydrogen-bond acceptors (Lipinski definition) is 6. The van der Waals surface area contributed by atoms with Crippen molar-refractivity contribution in [2.24, 2.45) is 11.1 Å². The van der Waals surface area contributed by atoms with Gasteiger partial charge in [0.2, 0.25) is 11.8 Å². The molecule has 12 heteroatoms. The lowest BCUT2D eigenvalue weighted by Crippen LogP contribution is -2.55. The van der Waals surface area contributed by atoms with Gasteiger partial charge in [-0.05, 0) is 23.5 Å². The first-order valence-electron chi connectivity index (χ1n) is 10.8. The van der Waals surface area contributed by atoms with E-state index in [0.29, 0.717) is 0 Å². The number of nitrogens with one attached hydrogen (secondary N) is 1. The molecule has 4 N–H and O–H groups in total. The molecule has 1 saturated heterocycles. The minimum atomic E-state index is -4.77. The zero-order valence-corrected chi connectivity index (χ0v) is 21.4. The number of aliphatic hydroxyl groups is 1. The number of carbonyl (C=O) groups is 2. The summed E-state index contributed by atoms with van der Waals surface area (Å²) >= 11 is 1.38. The van der Waals surface area contributed by atoms with Crippen LogP contribution in [-0.4, -0.2) is 57.7 Å². The van der Waals surface area contributed by atoms with Gasteiger partial charge >= 0.3 is 6.18 Å². The van der Waals surface area contributed by atoms with Crippen LogP contribution in [0.4, 0.5) is 13.2 Å². The Kier molecular flexibility index (Phi) is 8.97. The number of thiazole rings is 1. The van der Waals surface area contributed by atoms with E-state index < -0.39 is 47.6 Å². The van der Waals surface area contributed by atoms with Gasteiger partial charge in [-0.15, -0.1) is 23.7 Å². The maximum Gasteiger partial charge on any atom is 0.412 e.